The summed E-state index contributed by atoms with van der Waals surface area (Å²) in [6.07, 6.45) is 3.35. The summed E-state index contributed by atoms with van der Waals surface area (Å²) in [7, 11) is 4.83. The number of aryl methyl sites for hydroxylation is 1. The molecule has 1 aromatic carbocycles. The van der Waals surface area contributed by atoms with Crippen molar-refractivity contribution in [2.75, 3.05) is 19.1 Å². The number of thiocarbonyl (C=S) groups is 1. The van der Waals surface area contributed by atoms with Gasteiger partial charge in [-0.2, -0.15) is 0 Å². The summed E-state index contributed by atoms with van der Waals surface area (Å²) in [5, 5.41) is 2.53. The Morgan fingerprint density at radius 3 is 2.54 bits per heavy atom. The van der Waals surface area contributed by atoms with Crippen LogP contribution in [0.3, 0.4) is 0 Å². The zero-order valence-corrected chi connectivity index (χ0v) is 15.3. The first-order valence-electron chi connectivity index (χ1n) is 7.71. The quantitative estimate of drug-likeness (QED) is 0.505. The molecule has 0 saturated carbocycles. The number of rotatable bonds is 4. The third-order valence-electron chi connectivity index (χ3n) is 4.00. The van der Waals surface area contributed by atoms with Crippen molar-refractivity contribution in [2.45, 2.75) is 0 Å². The van der Waals surface area contributed by atoms with Crippen LogP contribution in [0.2, 0.25) is 0 Å². The molecule has 1 fully saturated rings. The monoisotopic (exact) mass is 371 g/mol. The molecule has 0 bridgehead atoms. The van der Waals surface area contributed by atoms with E-state index in [4.69, 9.17) is 21.7 Å². The fraction of sp³-hybridized carbons (Fsp3) is 0.167. The second-order valence-corrected chi connectivity index (χ2v) is 5.93. The molecule has 3 rings (SSSR count). The molecule has 0 atom stereocenters. The van der Waals surface area contributed by atoms with Gasteiger partial charge in [0.25, 0.3) is 11.8 Å². The highest BCUT2D eigenvalue weighted by atomic mass is 32.1. The smallest absolute Gasteiger partial charge is 0.270 e. The Hall–Kier alpha value is -3.13. The van der Waals surface area contributed by atoms with Crippen LogP contribution in [0.25, 0.3) is 6.08 Å². The number of carbonyl (C=O) groups is 2. The highest BCUT2D eigenvalue weighted by Gasteiger charge is 2.36. The van der Waals surface area contributed by atoms with E-state index in [1.54, 1.807) is 28.8 Å². The molecular weight excluding hydrogens is 354 g/mol. The Morgan fingerprint density at radius 1 is 1.15 bits per heavy atom. The molecular formula is C18H17N3O4S. The van der Waals surface area contributed by atoms with Gasteiger partial charge < -0.3 is 14.0 Å². The lowest BCUT2D eigenvalue weighted by Crippen LogP contribution is -2.54. The summed E-state index contributed by atoms with van der Waals surface area (Å²) >= 11 is 5.22. The molecule has 134 valence electrons. The number of carbonyl (C=O) groups excluding carboxylic acids is 2. The number of nitrogens with one attached hydrogen (secondary N) is 1. The Kier molecular flexibility index (Phi) is 4.77. The fourth-order valence-electron chi connectivity index (χ4n) is 2.62. The highest BCUT2D eigenvalue weighted by molar-refractivity contribution is 7.80. The fourth-order valence-corrected chi connectivity index (χ4v) is 2.89. The molecule has 8 heteroatoms. The third kappa shape index (κ3) is 3.06. The van der Waals surface area contributed by atoms with Crippen molar-refractivity contribution in [3.05, 3.63) is 47.8 Å². The first-order valence-corrected chi connectivity index (χ1v) is 8.12. The second-order valence-electron chi connectivity index (χ2n) is 5.54. The van der Waals surface area contributed by atoms with Crippen molar-refractivity contribution < 1.29 is 19.1 Å². The molecule has 0 aliphatic carbocycles. The average Bonchev–Trinajstić information content (AvgIpc) is 3.03. The maximum absolute atomic E-state index is 13.1. The number of aromatic nitrogens is 1. The van der Waals surface area contributed by atoms with Gasteiger partial charge in [0.1, 0.15) is 17.1 Å². The summed E-state index contributed by atoms with van der Waals surface area (Å²) in [6.45, 7) is 0. The number of benzene rings is 1. The van der Waals surface area contributed by atoms with Crippen molar-refractivity contribution in [2.24, 2.45) is 7.05 Å². The third-order valence-corrected chi connectivity index (χ3v) is 4.29. The van der Waals surface area contributed by atoms with E-state index in [1.165, 1.54) is 25.2 Å². The van der Waals surface area contributed by atoms with E-state index < -0.39 is 11.8 Å². The van der Waals surface area contributed by atoms with Crippen molar-refractivity contribution in [3.8, 4) is 11.5 Å². The Balaban J connectivity index is 2.09. The van der Waals surface area contributed by atoms with Gasteiger partial charge in [-0.1, -0.05) is 0 Å². The Morgan fingerprint density at radius 2 is 1.92 bits per heavy atom. The Labute approximate surface area is 155 Å². The van der Waals surface area contributed by atoms with Crippen LogP contribution in [0.5, 0.6) is 11.5 Å². The lowest BCUT2D eigenvalue weighted by atomic mass is 10.1. The number of ether oxygens (including phenoxy) is 2. The van der Waals surface area contributed by atoms with E-state index in [9.17, 15) is 9.59 Å². The van der Waals surface area contributed by atoms with Gasteiger partial charge in [0.05, 0.1) is 19.9 Å². The van der Waals surface area contributed by atoms with Gasteiger partial charge in [-0.3, -0.25) is 14.9 Å². The van der Waals surface area contributed by atoms with Crippen molar-refractivity contribution in [1.82, 2.24) is 9.88 Å². The minimum absolute atomic E-state index is 0.0180. The molecule has 2 heterocycles. The zero-order valence-electron chi connectivity index (χ0n) is 14.5. The van der Waals surface area contributed by atoms with E-state index in [0.29, 0.717) is 22.9 Å². The molecule has 0 spiro atoms. The topological polar surface area (TPSA) is 72.8 Å². The molecule has 2 aromatic rings. The van der Waals surface area contributed by atoms with Crippen LogP contribution in [-0.2, 0) is 16.6 Å². The van der Waals surface area contributed by atoms with E-state index in [0.717, 1.165) is 0 Å². The minimum atomic E-state index is -0.542. The van der Waals surface area contributed by atoms with E-state index in [-0.39, 0.29) is 10.7 Å². The number of anilines is 1. The van der Waals surface area contributed by atoms with Gasteiger partial charge in [-0.15, -0.1) is 0 Å². The van der Waals surface area contributed by atoms with E-state index in [2.05, 4.69) is 5.32 Å². The van der Waals surface area contributed by atoms with Gasteiger partial charge in [-0.05, 0) is 42.6 Å². The molecule has 0 unspecified atom stereocenters. The predicted octanol–water partition coefficient (Wildman–Crippen LogP) is 1.87. The van der Waals surface area contributed by atoms with Crippen LogP contribution in [-0.4, -0.2) is 35.7 Å². The number of methoxy groups -OCH3 is 2. The van der Waals surface area contributed by atoms with Gasteiger partial charge in [0, 0.05) is 25.0 Å². The normalized spacial score (nSPS) is 16.0. The van der Waals surface area contributed by atoms with Crippen LogP contribution in [0.4, 0.5) is 5.69 Å². The standard InChI is InChI=1S/C18H17N3O4S/c1-20-8-4-5-11(20)9-13-16(22)19-18(26)21(17(13)23)14-10-12(24-2)6-7-15(14)25-3/h4-10H,1-3H3,(H,19,22,26)/b13-9-. The summed E-state index contributed by atoms with van der Waals surface area (Å²) in [4.78, 5) is 26.6. The maximum atomic E-state index is 13.1. The summed E-state index contributed by atoms with van der Waals surface area (Å²) in [5.74, 6) is -0.122. The molecule has 26 heavy (non-hydrogen) atoms. The van der Waals surface area contributed by atoms with Gasteiger partial charge in [0.15, 0.2) is 5.11 Å². The van der Waals surface area contributed by atoms with Crippen LogP contribution in [0.15, 0.2) is 42.1 Å². The molecule has 7 nitrogen and oxygen atoms in total. The second kappa shape index (κ2) is 7.01. The van der Waals surface area contributed by atoms with Crippen LogP contribution >= 0.6 is 12.2 Å². The molecule has 1 aliphatic rings. The van der Waals surface area contributed by atoms with Gasteiger partial charge >= 0.3 is 0 Å². The number of hydrogen-bond acceptors (Lipinski definition) is 5. The molecule has 0 radical (unpaired) electrons. The van der Waals surface area contributed by atoms with Crippen LogP contribution in [0, 0.1) is 0 Å². The van der Waals surface area contributed by atoms with Crippen molar-refractivity contribution in [3.63, 3.8) is 0 Å². The summed E-state index contributed by atoms with van der Waals surface area (Å²) in [6, 6.07) is 8.63. The van der Waals surface area contributed by atoms with Crippen LogP contribution in [0.1, 0.15) is 5.69 Å². The number of hydrogen-bond donors (Lipinski definition) is 1. The molecule has 1 saturated heterocycles. The maximum Gasteiger partial charge on any atom is 0.270 e. The minimum Gasteiger partial charge on any atom is -0.497 e. The lowest BCUT2D eigenvalue weighted by molar-refractivity contribution is -0.122. The largest absolute Gasteiger partial charge is 0.497 e. The van der Waals surface area contributed by atoms with Crippen molar-refractivity contribution >= 4 is 40.9 Å². The first-order chi connectivity index (χ1) is 12.5. The molecule has 1 aliphatic heterocycles. The van der Waals surface area contributed by atoms with Gasteiger partial charge in [-0.25, -0.2) is 4.90 Å². The zero-order chi connectivity index (χ0) is 18.8. The lowest BCUT2D eigenvalue weighted by Gasteiger charge is -2.30. The molecule has 1 aromatic heterocycles. The molecule has 2 amide bonds. The van der Waals surface area contributed by atoms with Crippen molar-refractivity contribution in [1.29, 1.82) is 0 Å². The summed E-state index contributed by atoms with van der Waals surface area (Å²) in [5.41, 5.74) is 1.08. The van der Waals surface area contributed by atoms with Crippen LogP contribution < -0.4 is 19.7 Å². The number of nitrogens with zero attached hydrogens (tertiary/aromatic N) is 2. The van der Waals surface area contributed by atoms with E-state index in [1.807, 2.05) is 19.3 Å². The van der Waals surface area contributed by atoms with Gasteiger partial charge in [0.2, 0.25) is 0 Å². The first kappa shape index (κ1) is 17.7. The summed E-state index contributed by atoms with van der Waals surface area (Å²) < 4.78 is 12.4. The van der Waals surface area contributed by atoms with E-state index >= 15 is 0 Å². The molecule has 1 N–H and O–H groups in total. The SMILES string of the molecule is COc1ccc(OC)c(N2C(=O)/C(=C\c3cccn3C)C(=O)NC2=S)c1. The highest BCUT2D eigenvalue weighted by Crippen LogP contribution is 2.34. The Bertz CT molecular complexity index is 932. The average molecular weight is 371 g/mol. The number of amides is 2. The predicted molar refractivity (Wildman–Crippen MR) is 101 cm³/mol.